The molecule has 0 radical (unpaired) electrons. The molecule has 4 aromatic heterocycles. The molecule has 0 unspecified atom stereocenters. The number of halogens is 4. The van der Waals surface area contributed by atoms with E-state index in [1.165, 1.54) is 35.4 Å². The number of carboxylic acid groups (broad SMARTS) is 1. The molecule has 0 saturated carbocycles. The van der Waals surface area contributed by atoms with Gasteiger partial charge in [0.15, 0.2) is 22.8 Å². The van der Waals surface area contributed by atoms with Crippen LogP contribution in [0.5, 0.6) is 0 Å². The molecule has 30 nitrogen and oxygen atoms in total. The van der Waals surface area contributed by atoms with E-state index in [0.29, 0.717) is 59.4 Å². The Hall–Kier alpha value is -10.5. The lowest BCUT2D eigenvalue weighted by atomic mass is 9.85. The van der Waals surface area contributed by atoms with Gasteiger partial charge in [0, 0.05) is 53.2 Å². The first-order valence-electron chi connectivity index (χ1n) is 37.3. The van der Waals surface area contributed by atoms with Gasteiger partial charge < -0.3 is 58.3 Å². The smallest absolute Gasteiger partial charge is 0.326 e. The normalized spacial score (nSPS) is 14.2. The SMILES string of the molecule is Cc1ncsc1-c1ccc([C@H](C)NC(=O)[C@@H]2C[C@@H](NC(=O)CCCCn3cc(CNC(=O)CC[C@H](NC(=O)c4ccc(NCc5cnc6nc(N)[nH]c(=O)c6n5)cc4)C(=O)O)nn3)CN2C(=O)[C@@H](NC(=O)CCCCCCCCCCNCCCONC(=O)c2ccc(F)c(F)c2Nc2ccc(I)cc2F)C(C)(C)C)cc1. The molecule has 1 saturated heterocycles. The van der Waals surface area contributed by atoms with E-state index >= 15 is 0 Å². The van der Waals surface area contributed by atoms with E-state index in [1.54, 1.807) is 45.9 Å². The molecule has 112 heavy (non-hydrogen) atoms. The van der Waals surface area contributed by atoms with E-state index in [9.17, 15) is 61.4 Å². The second-order valence-corrected chi connectivity index (χ2v) is 30.6. The first-order chi connectivity index (χ1) is 53.7. The third-order valence-electron chi connectivity index (χ3n) is 18.7. The molecule has 9 rings (SSSR count). The van der Waals surface area contributed by atoms with E-state index in [-0.39, 0.29) is 104 Å². The number of H-pyrrole nitrogens is 1. The summed E-state index contributed by atoms with van der Waals surface area (Å²) in [4.78, 5) is 147. The number of hydrogen-bond donors (Lipinski definition) is 12. The maximum atomic E-state index is 14.9. The van der Waals surface area contributed by atoms with Gasteiger partial charge in [0.05, 0.1) is 76.8 Å². The lowest BCUT2D eigenvalue weighted by Crippen LogP contribution is -2.58. The van der Waals surface area contributed by atoms with Crippen LogP contribution in [0.3, 0.4) is 0 Å². The van der Waals surface area contributed by atoms with Gasteiger partial charge in [-0.25, -0.2) is 38.4 Å². The van der Waals surface area contributed by atoms with Crippen LogP contribution in [0.2, 0.25) is 0 Å². The number of nitrogens with one attached hydrogen (secondary N) is 10. The number of carboxylic acids is 1. The summed E-state index contributed by atoms with van der Waals surface area (Å²) in [5.74, 6) is -7.99. The first kappa shape index (κ1) is 85.5. The number of nitrogens with zero attached hydrogens (tertiary/aromatic N) is 8. The highest BCUT2D eigenvalue weighted by molar-refractivity contribution is 14.1. The van der Waals surface area contributed by atoms with Crippen molar-refractivity contribution in [3.05, 3.63) is 162 Å². The number of hydrogen-bond acceptors (Lipinski definition) is 21. The molecule has 35 heteroatoms. The second-order valence-electron chi connectivity index (χ2n) is 28.5. The molecule has 5 atom stereocenters. The predicted molar refractivity (Wildman–Crippen MR) is 423 cm³/mol. The number of aromatic amines is 1. The number of aryl methyl sites for hydroxylation is 2. The zero-order chi connectivity index (χ0) is 80.4. The van der Waals surface area contributed by atoms with Gasteiger partial charge in [-0.05, 0) is 166 Å². The van der Waals surface area contributed by atoms with E-state index in [0.717, 1.165) is 85.3 Å². The number of amides is 7. The largest absolute Gasteiger partial charge is 0.480 e. The molecule has 5 heterocycles. The Balaban J connectivity index is 0.662. The summed E-state index contributed by atoms with van der Waals surface area (Å²) < 4.78 is 45.6. The lowest BCUT2D eigenvalue weighted by molar-refractivity contribution is -0.144. The summed E-state index contributed by atoms with van der Waals surface area (Å²) in [6.45, 7) is 11.5. The van der Waals surface area contributed by atoms with Crippen molar-refractivity contribution in [3.8, 4) is 10.4 Å². The summed E-state index contributed by atoms with van der Waals surface area (Å²) in [5, 5.41) is 41.5. The minimum absolute atomic E-state index is 0.00500. The van der Waals surface area contributed by atoms with Gasteiger partial charge >= 0.3 is 5.97 Å². The van der Waals surface area contributed by atoms with E-state index in [1.807, 2.05) is 81.5 Å². The quantitative estimate of drug-likeness (QED) is 0.00962. The standard InChI is InChI=1S/C77H95F3IN19O11S/c1-45(47-19-21-48(22-20-47)67-46(2)87-44-112-67)88-72(106)60-38-52(89-62(102)18-13-15-35-99-42-54(96-98-99)41-85-61(101)32-31-59(75(109)110)92-70(104)49-23-26-51(27-24-49)84-39-53-40-86-69-66(90-53)73(107)95-76(82)94-69)43-100(60)74(108)68(77(3,4)5)93-63(103)17-12-10-8-6-7-9-11-14-33-83-34-16-36-111-97-71(105)55-28-29-56(78)64(80)65(55)91-58-30-25-50(81)37-57(58)79/h19-30,37,40,42,44-45,52,59-60,68,83-84,91H,6-18,31-36,38-39,41,43H2,1-5H3,(H,85,101)(H,88,106)(H,89,102)(H,92,104)(H,93,103)(H,97,105)(H,109,110)(H3,82,86,94,95,107)/t45-,52+,59-,60-,68+/m0/s1. The van der Waals surface area contributed by atoms with Crippen molar-refractivity contribution >= 4 is 115 Å². The third kappa shape index (κ3) is 25.5. The van der Waals surface area contributed by atoms with Gasteiger partial charge in [-0.3, -0.25) is 52.9 Å². The molecule has 13 N–H and O–H groups in total. The molecule has 7 amide bonds. The zero-order valence-corrected chi connectivity index (χ0v) is 66.0. The number of aromatic nitrogens is 8. The number of hydroxylamine groups is 1. The zero-order valence-electron chi connectivity index (χ0n) is 63.0. The van der Waals surface area contributed by atoms with Gasteiger partial charge in [-0.1, -0.05) is 88.8 Å². The summed E-state index contributed by atoms with van der Waals surface area (Å²) in [7, 11) is 0. The van der Waals surface area contributed by atoms with Gasteiger partial charge in [-0.2, -0.15) is 4.98 Å². The number of nitrogens with two attached hydrogens (primary N) is 1. The number of aliphatic carboxylic acids is 1. The fraction of sp³-hybridized carbons (Fsp3) is 0.442. The van der Waals surface area contributed by atoms with Crippen LogP contribution in [0.4, 0.5) is 36.2 Å². The van der Waals surface area contributed by atoms with E-state index < -0.39 is 99.8 Å². The summed E-state index contributed by atoms with van der Waals surface area (Å²) in [6, 6.07) is 15.8. The number of benzene rings is 4. The fourth-order valence-electron chi connectivity index (χ4n) is 12.6. The number of nitrogen functional groups attached to an aromatic ring is 1. The first-order valence-corrected chi connectivity index (χ1v) is 39.2. The van der Waals surface area contributed by atoms with Gasteiger partial charge in [0.1, 0.15) is 29.6 Å². The predicted octanol–water partition coefficient (Wildman–Crippen LogP) is 9.49. The van der Waals surface area contributed by atoms with Crippen LogP contribution in [0.1, 0.15) is 180 Å². The third-order valence-corrected chi connectivity index (χ3v) is 20.4. The average Bonchev–Trinajstić information content (AvgIpc) is 1.60. The molecule has 1 fully saturated rings. The van der Waals surface area contributed by atoms with Crippen LogP contribution >= 0.6 is 33.9 Å². The van der Waals surface area contributed by atoms with Gasteiger partial charge in [0.25, 0.3) is 17.4 Å². The maximum absolute atomic E-state index is 14.9. The van der Waals surface area contributed by atoms with Gasteiger partial charge in [-0.15, -0.1) is 16.4 Å². The lowest BCUT2D eigenvalue weighted by Gasteiger charge is -2.35. The maximum Gasteiger partial charge on any atom is 0.326 e. The molecule has 0 bridgehead atoms. The Bertz CT molecular complexity index is 4640. The molecule has 0 aliphatic carbocycles. The number of carbonyl (C=O) groups is 8. The number of thiazole rings is 1. The van der Waals surface area contributed by atoms with Crippen LogP contribution in [-0.2, 0) is 53.2 Å². The molecule has 598 valence electrons. The van der Waals surface area contributed by atoms with Crippen molar-refractivity contribution in [1.82, 2.24) is 82.2 Å². The van der Waals surface area contributed by atoms with Crippen molar-refractivity contribution in [2.24, 2.45) is 5.41 Å². The topological polar surface area (TPSA) is 419 Å². The summed E-state index contributed by atoms with van der Waals surface area (Å²) >= 11 is 3.46. The van der Waals surface area contributed by atoms with Crippen molar-refractivity contribution < 1.29 is 61.5 Å². The second kappa shape index (κ2) is 41.7. The molecule has 1 aliphatic heterocycles. The molecule has 8 aromatic rings. The summed E-state index contributed by atoms with van der Waals surface area (Å²) in [6.07, 6.45) is 12.1. The molecule has 0 spiro atoms. The van der Waals surface area contributed by atoms with Crippen LogP contribution < -0.4 is 59.3 Å². The van der Waals surface area contributed by atoms with Crippen LogP contribution in [-0.4, -0.2) is 148 Å². The summed E-state index contributed by atoms with van der Waals surface area (Å²) in [5.41, 5.74) is 12.0. The molecule has 1 aliphatic rings. The van der Waals surface area contributed by atoms with E-state index in [4.69, 9.17) is 10.6 Å². The van der Waals surface area contributed by atoms with Crippen LogP contribution in [0.15, 0.2) is 102 Å². The average molecular weight is 1680 g/mol. The van der Waals surface area contributed by atoms with Gasteiger partial charge in [0.2, 0.25) is 35.5 Å². The fourth-order valence-corrected chi connectivity index (χ4v) is 13.8. The van der Waals surface area contributed by atoms with Crippen molar-refractivity contribution in [1.29, 1.82) is 0 Å². The molecular formula is C77H95F3IN19O11S. The highest BCUT2D eigenvalue weighted by Gasteiger charge is 2.45. The molecular weight excluding hydrogens is 1580 g/mol. The van der Waals surface area contributed by atoms with Crippen LogP contribution in [0.25, 0.3) is 21.6 Å². The van der Waals surface area contributed by atoms with Crippen molar-refractivity contribution in [2.45, 2.75) is 187 Å². The number of unbranched alkanes of at least 4 members (excludes halogenated alkanes) is 8. The van der Waals surface area contributed by atoms with E-state index in [2.05, 4.69) is 83.2 Å². The Morgan fingerprint density at radius 3 is 2.21 bits per heavy atom. The number of likely N-dealkylation sites (tertiary alicyclic amines) is 1. The van der Waals surface area contributed by atoms with Crippen molar-refractivity contribution in [3.63, 3.8) is 0 Å². The highest BCUT2D eigenvalue weighted by atomic mass is 127. The minimum Gasteiger partial charge on any atom is -0.480 e. The number of carbonyl (C=O) groups excluding carboxylic acids is 7. The number of anilines is 4. The number of fused-ring (bicyclic) bond motifs is 1. The minimum atomic E-state index is -1.37. The molecule has 4 aromatic carbocycles. The van der Waals surface area contributed by atoms with Crippen molar-refractivity contribution in [2.75, 3.05) is 42.6 Å². The Kier molecular flexibility index (Phi) is 31.8. The Morgan fingerprint density at radius 2 is 1.49 bits per heavy atom. The Labute approximate surface area is 662 Å². The van der Waals surface area contributed by atoms with Crippen LogP contribution in [0, 0.1) is 33.4 Å². The monoisotopic (exact) mass is 1680 g/mol. The Morgan fingerprint density at radius 1 is 0.777 bits per heavy atom. The highest BCUT2D eigenvalue weighted by Crippen LogP contribution is 2.32. The number of rotatable bonds is 42.